The average molecular weight is 402 g/mol. The molecule has 0 saturated heterocycles. The number of hydrogen-bond acceptors (Lipinski definition) is 5. The number of hydrogen-bond donors (Lipinski definition) is 2. The van der Waals surface area contributed by atoms with Crippen LogP contribution in [0, 0.1) is 5.82 Å². The quantitative estimate of drug-likeness (QED) is 0.660. The Hall–Kier alpha value is -1.71. The molecule has 1 unspecified atom stereocenters. The van der Waals surface area contributed by atoms with Crippen LogP contribution in [0.2, 0.25) is 5.02 Å². The monoisotopic (exact) mass is 401 g/mol. The van der Waals surface area contributed by atoms with E-state index in [1.165, 1.54) is 17.6 Å². The van der Waals surface area contributed by atoms with Crippen molar-refractivity contribution >= 4 is 33.0 Å². The van der Waals surface area contributed by atoms with Crippen LogP contribution in [0.4, 0.5) is 4.39 Å². The Morgan fingerprint density at radius 2 is 2.08 bits per heavy atom. The molecule has 2 aromatic heterocycles. The number of nitrogens with one attached hydrogen (secondary N) is 1. The first-order valence-corrected chi connectivity index (χ1v) is 9.79. The van der Waals surface area contributed by atoms with E-state index in [0.29, 0.717) is 15.5 Å². The lowest BCUT2D eigenvalue weighted by Crippen LogP contribution is -2.22. The van der Waals surface area contributed by atoms with Crippen molar-refractivity contribution in [3.05, 3.63) is 75.1 Å². The zero-order valence-corrected chi connectivity index (χ0v) is 15.0. The SMILES string of the molecule is O=S(=O)(NCc1ccc(C(O)c2ccco2)s1)c1ccc(F)c(Cl)c1. The van der Waals surface area contributed by atoms with E-state index < -0.39 is 21.9 Å². The van der Waals surface area contributed by atoms with E-state index in [1.54, 1.807) is 24.3 Å². The van der Waals surface area contributed by atoms with Crippen molar-refractivity contribution in [2.45, 2.75) is 17.5 Å². The van der Waals surface area contributed by atoms with Gasteiger partial charge in [-0.2, -0.15) is 0 Å². The van der Waals surface area contributed by atoms with Crippen molar-refractivity contribution in [2.75, 3.05) is 0 Å². The fourth-order valence-electron chi connectivity index (χ4n) is 2.12. The molecule has 0 aliphatic heterocycles. The molecule has 1 atom stereocenters. The Bertz CT molecular complexity index is 970. The molecule has 0 aliphatic rings. The first kappa shape index (κ1) is 18.1. The second-order valence-electron chi connectivity index (χ2n) is 5.12. The summed E-state index contributed by atoms with van der Waals surface area (Å²) < 4.78 is 45.2. The van der Waals surface area contributed by atoms with E-state index in [-0.39, 0.29) is 16.5 Å². The maximum absolute atomic E-state index is 13.2. The highest BCUT2D eigenvalue weighted by Crippen LogP contribution is 2.29. The highest BCUT2D eigenvalue weighted by molar-refractivity contribution is 7.89. The Morgan fingerprint density at radius 1 is 1.28 bits per heavy atom. The Kier molecular flexibility index (Phi) is 5.26. The molecule has 132 valence electrons. The summed E-state index contributed by atoms with van der Waals surface area (Å²) in [6.45, 7) is 0.0346. The van der Waals surface area contributed by atoms with E-state index in [0.717, 1.165) is 18.2 Å². The van der Waals surface area contributed by atoms with Crippen molar-refractivity contribution in [2.24, 2.45) is 0 Å². The Morgan fingerprint density at radius 3 is 2.76 bits per heavy atom. The predicted molar refractivity (Wildman–Crippen MR) is 92.5 cm³/mol. The minimum absolute atomic E-state index is 0.0346. The molecule has 0 spiro atoms. The molecule has 1 aromatic carbocycles. The van der Waals surface area contributed by atoms with Gasteiger partial charge < -0.3 is 9.52 Å². The fraction of sp³-hybridized carbons (Fsp3) is 0.125. The van der Waals surface area contributed by atoms with Gasteiger partial charge in [0.05, 0.1) is 16.2 Å². The summed E-state index contributed by atoms with van der Waals surface area (Å²) in [6.07, 6.45) is 0.566. The van der Waals surface area contributed by atoms with E-state index >= 15 is 0 Å². The summed E-state index contributed by atoms with van der Waals surface area (Å²) in [4.78, 5) is 1.22. The topological polar surface area (TPSA) is 79.5 Å². The summed E-state index contributed by atoms with van der Waals surface area (Å²) in [5.41, 5.74) is 0. The summed E-state index contributed by atoms with van der Waals surface area (Å²) in [6, 6.07) is 9.95. The maximum Gasteiger partial charge on any atom is 0.240 e. The number of rotatable bonds is 6. The van der Waals surface area contributed by atoms with Crippen LogP contribution < -0.4 is 4.72 Å². The van der Waals surface area contributed by atoms with Crippen LogP contribution in [0.15, 0.2) is 58.0 Å². The molecule has 25 heavy (non-hydrogen) atoms. The number of benzene rings is 1. The molecule has 2 heterocycles. The first-order chi connectivity index (χ1) is 11.9. The van der Waals surface area contributed by atoms with Gasteiger partial charge in [-0.3, -0.25) is 0 Å². The van der Waals surface area contributed by atoms with Gasteiger partial charge in [0.25, 0.3) is 0 Å². The van der Waals surface area contributed by atoms with Gasteiger partial charge in [0.2, 0.25) is 10.0 Å². The number of furan rings is 1. The number of halogens is 2. The fourth-order valence-corrected chi connectivity index (χ4v) is 4.43. The predicted octanol–water partition coefficient (Wildman–Crippen LogP) is 3.69. The smallest absolute Gasteiger partial charge is 0.240 e. The second-order valence-corrected chi connectivity index (χ2v) is 8.50. The maximum atomic E-state index is 13.2. The molecule has 0 bridgehead atoms. The van der Waals surface area contributed by atoms with Gasteiger partial charge in [-0.05, 0) is 42.5 Å². The summed E-state index contributed by atoms with van der Waals surface area (Å²) >= 11 is 6.88. The molecule has 0 amide bonds. The van der Waals surface area contributed by atoms with E-state index in [9.17, 15) is 17.9 Å². The number of aliphatic hydroxyl groups is 1. The van der Waals surface area contributed by atoms with Gasteiger partial charge in [-0.1, -0.05) is 11.6 Å². The second kappa shape index (κ2) is 7.27. The Balaban J connectivity index is 1.70. The minimum atomic E-state index is -3.83. The number of sulfonamides is 1. The van der Waals surface area contributed by atoms with Crippen LogP contribution in [-0.4, -0.2) is 13.5 Å². The third-order valence-electron chi connectivity index (χ3n) is 3.40. The van der Waals surface area contributed by atoms with E-state index in [4.69, 9.17) is 16.0 Å². The third-order valence-corrected chi connectivity index (χ3v) is 6.23. The van der Waals surface area contributed by atoms with E-state index in [1.807, 2.05) is 0 Å². The van der Waals surface area contributed by atoms with Gasteiger partial charge in [0, 0.05) is 16.3 Å². The molecular weight excluding hydrogens is 389 g/mol. The van der Waals surface area contributed by atoms with Crippen LogP contribution in [0.3, 0.4) is 0 Å². The molecule has 0 fully saturated rings. The average Bonchev–Trinajstić information content (AvgIpc) is 3.26. The number of aliphatic hydroxyl groups excluding tert-OH is 1. The molecule has 0 aliphatic carbocycles. The third kappa shape index (κ3) is 4.10. The largest absolute Gasteiger partial charge is 0.466 e. The Labute approximate surface area is 152 Å². The lowest BCUT2D eigenvalue weighted by molar-refractivity contribution is 0.193. The molecule has 0 saturated carbocycles. The van der Waals surface area contributed by atoms with Gasteiger partial charge in [-0.25, -0.2) is 17.5 Å². The molecule has 9 heteroatoms. The van der Waals surface area contributed by atoms with Crippen LogP contribution in [0.1, 0.15) is 21.6 Å². The van der Waals surface area contributed by atoms with Crippen molar-refractivity contribution < 1.29 is 22.3 Å². The zero-order chi connectivity index (χ0) is 18.0. The molecule has 0 radical (unpaired) electrons. The summed E-state index contributed by atoms with van der Waals surface area (Å²) in [5, 5.41) is 9.92. The number of thiophene rings is 1. The van der Waals surface area contributed by atoms with Crippen molar-refractivity contribution in [3.63, 3.8) is 0 Å². The molecule has 2 N–H and O–H groups in total. The molecule has 3 aromatic rings. The van der Waals surface area contributed by atoms with Gasteiger partial charge in [0.15, 0.2) is 0 Å². The van der Waals surface area contributed by atoms with Gasteiger partial charge in [-0.15, -0.1) is 11.3 Å². The van der Waals surface area contributed by atoms with Gasteiger partial charge in [0.1, 0.15) is 17.7 Å². The normalized spacial score (nSPS) is 13.1. The minimum Gasteiger partial charge on any atom is -0.466 e. The highest BCUT2D eigenvalue weighted by atomic mass is 35.5. The molecule has 3 rings (SSSR count). The molecule has 5 nitrogen and oxygen atoms in total. The summed E-state index contributed by atoms with van der Waals surface area (Å²) in [5.74, 6) is -0.273. The van der Waals surface area contributed by atoms with Gasteiger partial charge >= 0.3 is 0 Å². The van der Waals surface area contributed by atoms with E-state index in [2.05, 4.69) is 4.72 Å². The zero-order valence-electron chi connectivity index (χ0n) is 12.6. The van der Waals surface area contributed by atoms with Crippen LogP contribution in [0.5, 0.6) is 0 Å². The summed E-state index contributed by atoms with van der Waals surface area (Å²) in [7, 11) is -3.83. The van der Waals surface area contributed by atoms with Crippen molar-refractivity contribution in [1.82, 2.24) is 4.72 Å². The lowest BCUT2D eigenvalue weighted by atomic mass is 10.2. The molecular formula is C16H13ClFNO4S2. The first-order valence-electron chi connectivity index (χ1n) is 7.11. The van der Waals surface area contributed by atoms with Crippen LogP contribution in [-0.2, 0) is 16.6 Å². The standard InChI is InChI=1S/C16H13ClFNO4S2/c17-12-8-11(4-5-13(12)18)25(21,22)19-9-10-3-6-15(24-10)16(20)14-2-1-7-23-14/h1-8,16,19-20H,9H2. The lowest BCUT2D eigenvalue weighted by Gasteiger charge is -2.07. The highest BCUT2D eigenvalue weighted by Gasteiger charge is 2.18. The van der Waals surface area contributed by atoms with Crippen LogP contribution in [0.25, 0.3) is 0 Å². The van der Waals surface area contributed by atoms with Crippen LogP contribution >= 0.6 is 22.9 Å². The van der Waals surface area contributed by atoms with Crippen molar-refractivity contribution in [1.29, 1.82) is 0 Å². The van der Waals surface area contributed by atoms with Crippen molar-refractivity contribution in [3.8, 4) is 0 Å².